The Bertz CT molecular complexity index is 566. The molecule has 1 atom stereocenters. The fourth-order valence-corrected chi connectivity index (χ4v) is 2.17. The van der Waals surface area contributed by atoms with E-state index in [9.17, 15) is 9.90 Å². The van der Waals surface area contributed by atoms with Gasteiger partial charge in [0, 0.05) is 25.3 Å². The second-order valence-corrected chi connectivity index (χ2v) is 4.66. The number of benzene rings is 2. The van der Waals surface area contributed by atoms with Gasteiger partial charge < -0.3 is 10.0 Å². The van der Waals surface area contributed by atoms with E-state index < -0.39 is 5.60 Å². The Kier molecular flexibility index (Phi) is 3.67. The molecule has 0 aromatic heterocycles. The Morgan fingerprint density at radius 2 is 1.58 bits per heavy atom. The summed E-state index contributed by atoms with van der Waals surface area (Å²) in [5.41, 5.74) is 0.351. The molecular weight excluding hydrogens is 238 g/mol. The zero-order chi connectivity index (χ0) is 13.9. The topological polar surface area (TPSA) is 40.5 Å². The lowest BCUT2D eigenvalue weighted by Gasteiger charge is -2.28. The number of nitrogens with zero attached hydrogens (tertiary/aromatic N) is 1. The minimum absolute atomic E-state index is 0.569. The molecule has 3 nitrogen and oxygen atoms in total. The minimum atomic E-state index is -1.62. The summed E-state index contributed by atoms with van der Waals surface area (Å²) in [6, 6.07) is 16.3. The molecular formula is C16H17NO2. The van der Waals surface area contributed by atoms with Gasteiger partial charge in [-0.05, 0) is 11.6 Å². The summed E-state index contributed by atoms with van der Waals surface area (Å²) in [6.07, 6.45) is 0.588. The first kappa shape index (κ1) is 13.3. The third-order valence-corrected chi connectivity index (χ3v) is 3.18. The van der Waals surface area contributed by atoms with Crippen molar-refractivity contribution < 1.29 is 9.90 Å². The number of carbonyl (C=O) groups excluding carboxylic acids is 1. The Hall–Kier alpha value is -2.13. The molecule has 2 aromatic rings. The molecule has 2 rings (SSSR count). The monoisotopic (exact) mass is 255 g/mol. The van der Waals surface area contributed by atoms with Gasteiger partial charge in [-0.3, -0.25) is 4.79 Å². The van der Waals surface area contributed by atoms with Gasteiger partial charge in [-0.25, -0.2) is 0 Å². The summed E-state index contributed by atoms with van der Waals surface area (Å²) in [6.45, 7) is 0. The van der Waals surface area contributed by atoms with Crippen molar-refractivity contribution in [3.8, 4) is 0 Å². The van der Waals surface area contributed by atoms with Gasteiger partial charge in [0.2, 0.25) is 0 Å². The second-order valence-electron chi connectivity index (χ2n) is 4.66. The van der Waals surface area contributed by atoms with Crippen LogP contribution in [0.3, 0.4) is 0 Å². The van der Waals surface area contributed by atoms with Crippen LogP contribution in [0.4, 0.5) is 5.69 Å². The van der Waals surface area contributed by atoms with Crippen molar-refractivity contribution >= 4 is 12.0 Å². The van der Waals surface area contributed by atoms with Crippen LogP contribution in [0.15, 0.2) is 54.6 Å². The van der Waals surface area contributed by atoms with Crippen LogP contribution in [0.5, 0.6) is 0 Å². The van der Waals surface area contributed by atoms with Crippen molar-refractivity contribution in [1.29, 1.82) is 0 Å². The third-order valence-electron chi connectivity index (χ3n) is 3.18. The van der Waals surface area contributed by atoms with Crippen LogP contribution in [0.1, 0.15) is 11.1 Å². The molecule has 98 valence electrons. The SMILES string of the molecule is CN(C)c1ccccc1C(O)(C=O)c1ccccc1. The summed E-state index contributed by atoms with van der Waals surface area (Å²) in [5.74, 6) is 0. The van der Waals surface area contributed by atoms with Gasteiger partial charge in [-0.2, -0.15) is 0 Å². The molecule has 0 heterocycles. The van der Waals surface area contributed by atoms with Crippen molar-refractivity contribution in [3.63, 3.8) is 0 Å². The van der Waals surface area contributed by atoms with Gasteiger partial charge >= 0.3 is 0 Å². The first-order valence-electron chi connectivity index (χ1n) is 6.10. The van der Waals surface area contributed by atoms with E-state index in [0.29, 0.717) is 17.4 Å². The molecule has 0 bridgehead atoms. The van der Waals surface area contributed by atoms with Crippen LogP contribution in [-0.4, -0.2) is 25.5 Å². The molecule has 1 N–H and O–H groups in total. The van der Waals surface area contributed by atoms with Crippen LogP contribution >= 0.6 is 0 Å². The van der Waals surface area contributed by atoms with Crippen molar-refractivity contribution in [2.75, 3.05) is 19.0 Å². The summed E-state index contributed by atoms with van der Waals surface area (Å²) in [4.78, 5) is 13.4. The number of carbonyl (C=O) groups is 1. The summed E-state index contributed by atoms with van der Waals surface area (Å²) >= 11 is 0. The average Bonchev–Trinajstić information content (AvgIpc) is 2.47. The normalized spacial score (nSPS) is 13.6. The number of aldehydes is 1. The zero-order valence-electron chi connectivity index (χ0n) is 11.1. The van der Waals surface area contributed by atoms with Crippen LogP contribution in [0.25, 0.3) is 0 Å². The molecule has 0 aliphatic heterocycles. The van der Waals surface area contributed by atoms with Crippen LogP contribution in [0.2, 0.25) is 0 Å². The highest BCUT2D eigenvalue weighted by molar-refractivity contribution is 5.76. The number of aliphatic hydroxyl groups is 1. The van der Waals surface area contributed by atoms with Crippen LogP contribution in [-0.2, 0) is 10.4 Å². The number of para-hydroxylation sites is 1. The van der Waals surface area contributed by atoms with E-state index in [1.165, 1.54) is 0 Å². The zero-order valence-corrected chi connectivity index (χ0v) is 11.1. The predicted octanol–water partition coefficient (Wildman–Crippen LogP) is 2.19. The quantitative estimate of drug-likeness (QED) is 0.851. The highest BCUT2D eigenvalue weighted by Crippen LogP contribution is 2.33. The van der Waals surface area contributed by atoms with Crippen LogP contribution in [0, 0.1) is 0 Å². The molecule has 0 spiro atoms. The fraction of sp³-hybridized carbons (Fsp3) is 0.188. The van der Waals surface area contributed by atoms with E-state index in [1.54, 1.807) is 18.2 Å². The van der Waals surface area contributed by atoms with Crippen molar-refractivity contribution in [2.24, 2.45) is 0 Å². The van der Waals surface area contributed by atoms with Gasteiger partial charge in [-0.15, -0.1) is 0 Å². The summed E-state index contributed by atoms with van der Waals surface area (Å²) in [5, 5.41) is 10.8. The van der Waals surface area contributed by atoms with E-state index in [1.807, 2.05) is 55.4 Å². The standard InChI is InChI=1S/C16H17NO2/c1-17(2)15-11-7-6-10-14(15)16(19,12-18)13-8-4-3-5-9-13/h3-12,19H,1-2H3. The Morgan fingerprint density at radius 1 is 1.00 bits per heavy atom. The van der Waals surface area contributed by atoms with E-state index in [0.717, 1.165) is 5.69 Å². The molecule has 0 saturated heterocycles. The van der Waals surface area contributed by atoms with Gasteiger partial charge in [0.1, 0.15) is 0 Å². The molecule has 19 heavy (non-hydrogen) atoms. The number of hydrogen-bond acceptors (Lipinski definition) is 3. The van der Waals surface area contributed by atoms with Crippen molar-refractivity contribution in [1.82, 2.24) is 0 Å². The molecule has 0 aliphatic carbocycles. The number of hydrogen-bond donors (Lipinski definition) is 1. The summed E-state index contributed by atoms with van der Waals surface area (Å²) in [7, 11) is 3.77. The second kappa shape index (κ2) is 5.24. The maximum Gasteiger partial charge on any atom is 0.172 e. The highest BCUT2D eigenvalue weighted by atomic mass is 16.3. The minimum Gasteiger partial charge on any atom is -0.377 e. The smallest absolute Gasteiger partial charge is 0.172 e. The highest BCUT2D eigenvalue weighted by Gasteiger charge is 2.33. The maximum absolute atomic E-state index is 11.5. The molecule has 2 aromatic carbocycles. The molecule has 0 radical (unpaired) electrons. The van der Waals surface area contributed by atoms with Crippen molar-refractivity contribution in [2.45, 2.75) is 5.60 Å². The average molecular weight is 255 g/mol. The fourth-order valence-electron chi connectivity index (χ4n) is 2.17. The third kappa shape index (κ3) is 2.37. The van der Waals surface area contributed by atoms with E-state index in [4.69, 9.17) is 0 Å². The first-order valence-corrected chi connectivity index (χ1v) is 6.10. The molecule has 0 saturated carbocycles. The van der Waals surface area contributed by atoms with E-state index >= 15 is 0 Å². The molecule has 0 amide bonds. The van der Waals surface area contributed by atoms with E-state index in [-0.39, 0.29) is 0 Å². The Labute approximate surface area is 113 Å². The van der Waals surface area contributed by atoms with Crippen LogP contribution < -0.4 is 4.90 Å². The Balaban J connectivity index is 2.63. The lowest BCUT2D eigenvalue weighted by Crippen LogP contribution is -2.31. The van der Waals surface area contributed by atoms with Gasteiger partial charge in [0.25, 0.3) is 0 Å². The van der Waals surface area contributed by atoms with Gasteiger partial charge in [0.15, 0.2) is 11.9 Å². The van der Waals surface area contributed by atoms with Crippen molar-refractivity contribution in [3.05, 3.63) is 65.7 Å². The number of anilines is 1. The molecule has 0 aliphatic rings. The maximum atomic E-state index is 11.5. The molecule has 3 heteroatoms. The van der Waals surface area contributed by atoms with Gasteiger partial charge in [0.05, 0.1) is 0 Å². The largest absolute Gasteiger partial charge is 0.377 e. The predicted molar refractivity (Wildman–Crippen MR) is 76.3 cm³/mol. The van der Waals surface area contributed by atoms with E-state index in [2.05, 4.69) is 0 Å². The number of rotatable bonds is 4. The lowest BCUT2D eigenvalue weighted by atomic mass is 9.86. The molecule has 0 fully saturated rings. The first-order chi connectivity index (χ1) is 9.09. The summed E-state index contributed by atoms with van der Waals surface area (Å²) < 4.78 is 0. The molecule has 1 unspecified atom stereocenters. The lowest BCUT2D eigenvalue weighted by molar-refractivity contribution is -0.121. The van der Waals surface area contributed by atoms with Gasteiger partial charge in [-0.1, -0.05) is 48.5 Å². The Morgan fingerprint density at radius 3 is 2.16 bits per heavy atom.